The Bertz CT molecular complexity index is 1290. The Morgan fingerprint density at radius 2 is 0.908 bits per heavy atom. The second kappa shape index (κ2) is 51.8. The highest BCUT2D eigenvalue weighted by Crippen LogP contribution is 2.17. The number of esters is 1. The molecule has 0 saturated carbocycles. The fraction of sp³-hybridized carbons (Fsp3) is 0.695. The number of nitrogens with one attached hydrogen (secondary N) is 1. The first-order chi connectivity index (χ1) is 32.0. The molecule has 0 aromatic heterocycles. The molecule has 0 rings (SSSR count). The number of rotatable bonds is 47. The van der Waals surface area contributed by atoms with Gasteiger partial charge in [0.05, 0.1) is 25.2 Å². The number of ether oxygens (including phenoxy) is 1. The first-order valence-electron chi connectivity index (χ1n) is 27.0. The zero-order valence-corrected chi connectivity index (χ0v) is 42.3. The second-order valence-electron chi connectivity index (χ2n) is 17.9. The van der Waals surface area contributed by atoms with Crippen LogP contribution in [0.25, 0.3) is 0 Å². The Morgan fingerprint density at radius 1 is 0.477 bits per heavy atom. The zero-order valence-electron chi connectivity index (χ0n) is 42.3. The van der Waals surface area contributed by atoms with E-state index in [0.29, 0.717) is 19.3 Å². The molecule has 0 aromatic carbocycles. The van der Waals surface area contributed by atoms with Crippen molar-refractivity contribution < 1.29 is 24.5 Å². The third kappa shape index (κ3) is 47.1. The van der Waals surface area contributed by atoms with Gasteiger partial charge in [0, 0.05) is 6.42 Å². The van der Waals surface area contributed by atoms with E-state index in [1.54, 1.807) is 0 Å². The van der Waals surface area contributed by atoms with Crippen molar-refractivity contribution in [3.63, 3.8) is 0 Å². The summed E-state index contributed by atoms with van der Waals surface area (Å²) in [4.78, 5) is 26.2. The lowest BCUT2D eigenvalue weighted by Crippen LogP contribution is -2.46. The van der Waals surface area contributed by atoms with Gasteiger partial charge in [0.2, 0.25) is 5.91 Å². The molecule has 3 atom stereocenters. The van der Waals surface area contributed by atoms with E-state index in [-0.39, 0.29) is 31.3 Å². The Hall–Kier alpha value is -3.22. The maximum Gasteiger partial charge on any atom is 0.306 e. The number of carbonyl (C=O) groups excluding carboxylic acids is 2. The summed E-state index contributed by atoms with van der Waals surface area (Å²) in [5.41, 5.74) is 0. The average molecular weight is 904 g/mol. The minimum Gasteiger partial charge on any atom is -0.462 e. The molecule has 0 fully saturated rings. The topological polar surface area (TPSA) is 95.9 Å². The van der Waals surface area contributed by atoms with Gasteiger partial charge >= 0.3 is 5.97 Å². The zero-order chi connectivity index (χ0) is 47.4. The Balaban J connectivity index is 4.65. The van der Waals surface area contributed by atoms with Crippen LogP contribution in [0.4, 0.5) is 0 Å². The SMILES string of the molecule is CC/C=C/C=C/C=C/CCCCCCCC(CC(=O)NC(CO)C(O)CCCCCCCCCCCCCCCCCCC)OC(=O)CC/C=C/C/C=C/C/C=C/C/C=C/C/C=C/CC. The van der Waals surface area contributed by atoms with Crippen molar-refractivity contribution in [2.75, 3.05) is 6.61 Å². The number of amides is 1. The number of hydrogen-bond acceptors (Lipinski definition) is 5. The highest BCUT2D eigenvalue weighted by molar-refractivity contribution is 5.77. The summed E-state index contributed by atoms with van der Waals surface area (Å²) in [6.07, 6.45) is 69.1. The standard InChI is InChI=1S/C59H101NO5/c1-4-7-10-13-16-19-22-25-27-29-30-33-36-39-42-45-48-51-57(62)56(54-61)60-58(63)53-55(50-47-44-41-38-35-32-24-21-18-15-12-9-6-3)65-59(64)52-49-46-43-40-37-34-31-28-26-23-20-17-14-11-8-5-2/h8-9,11-12,15,17-18,20-21,24,26,28,34,37,43,46,55-57,61-62H,4-7,10,13-14,16,19,22-23,25,27,29-33,35-36,38-42,44-45,47-54H2,1-3H3,(H,60,63)/b11-8+,12-9+,18-15+,20-17+,24-21+,28-26+,37-34+,46-43+. The molecule has 3 N–H and O–H groups in total. The van der Waals surface area contributed by atoms with Crippen LogP contribution in [0.15, 0.2) is 97.2 Å². The number of unbranched alkanes of at least 4 members (excludes halogenated alkanes) is 21. The predicted octanol–water partition coefficient (Wildman–Crippen LogP) is 16.5. The monoisotopic (exact) mass is 904 g/mol. The van der Waals surface area contributed by atoms with Crippen molar-refractivity contribution in [2.24, 2.45) is 0 Å². The van der Waals surface area contributed by atoms with Crippen molar-refractivity contribution in [3.05, 3.63) is 97.2 Å². The molecule has 6 nitrogen and oxygen atoms in total. The minimum absolute atomic E-state index is 0.0293. The third-order valence-corrected chi connectivity index (χ3v) is 11.7. The predicted molar refractivity (Wildman–Crippen MR) is 282 cm³/mol. The molecule has 0 heterocycles. The van der Waals surface area contributed by atoms with Crippen LogP contribution in [0, 0.1) is 0 Å². The summed E-state index contributed by atoms with van der Waals surface area (Å²) in [6, 6.07) is -0.729. The van der Waals surface area contributed by atoms with Gasteiger partial charge in [0.1, 0.15) is 6.10 Å². The smallest absolute Gasteiger partial charge is 0.306 e. The highest BCUT2D eigenvalue weighted by Gasteiger charge is 2.24. The van der Waals surface area contributed by atoms with Crippen LogP contribution in [0.1, 0.15) is 239 Å². The van der Waals surface area contributed by atoms with Crippen LogP contribution >= 0.6 is 0 Å². The van der Waals surface area contributed by atoms with E-state index in [9.17, 15) is 19.8 Å². The molecule has 372 valence electrons. The lowest BCUT2D eigenvalue weighted by molar-refractivity contribution is -0.150. The summed E-state index contributed by atoms with van der Waals surface area (Å²) in [7, 11) is 0. The number of aliphatic hydroxyl groups excluding tert-OH is 2. The molecule has 0 bridgehead atoms. The van der Waals surface area contributed by atoms with Crippen LogP contribution in [0.3, 0.4) is 0 Å². The van der Waals surface area contributed by atoms with Gasteiger partial charge in [0.15, 0.2) is 0 Å². The summed E-state index contributed by atoms with van der Waals surface area (Å²) in [5.74, 6) is -0.598. The van der Waals surface area contributed by atoms with E-state index >= 15 is 0 Å². The normalized spacial score (nSPS) is 14.0. The lowest BCUT2D eigenvalue weighted by Gasteiger charge is -2.24. The maximum atomic E-state index is 13.2. The molecule has 0 aliphatic rings. The summed E-state index contributed by atoms with van der Waals surface area (Å²) >= 11 is 0. The molecule has 65 heavy (non-hydrogen) atoms. The first-order valence-corrected chi connectivity index (χ1v) is 27.0. The van der Waals surface area contributed by atoms with Crippen molar-refractivity contribution in [2.45, 2.75) is 257 Å². The Labute approximate surface area is 401 Å². The Morgan fingerprint density at radius 3 is 1.40 bits per heavy atom. The number of aliphatic hydroxyl groups is 2. The second-order valence-corrected chi connectivity index (χ2v) is 17.9. The molecule has 6 heteroatoms. The van der Waals surface area contributed by atoms with Crippen molar-refractivity contribution in [1.82, 2.24) is 5.32 Å². The van der Waals surface area contributed by atoms with Gasteiger partial charge in [0.25, 0.3) is 0 Å². The molecule has 0 aliphatic carbocycles. The highest BCUT2D eigenvalue weighted by atomic mass is 16.5. The molecular weight excluding hydrogens is 803 g/mol. The fourth-order valence-corrected chi connectivity index (χ4v) is 7.72. The van der Waals surface area contributed by atoms with Gasteiger partial charge in [-0.05, 0) is 77.0 Å². The van der Waals surface area contributed by atoms with Crippen molar-refractivity contribution in [3.8, 4) is 0 Å². The summed E-state index contributed by atoms with van der Waals surface area (Å²) < 4.78 is 5.89. The van der Waals surface area contributed by atoms with Gasteiger partial charge in [-0.1, -0.05) is 246 Å². The molecule has 0 radical (unpaired) electrons. The van der Waals surface area contributed by atoms with E-state index in [1.807, 2.05) is 6.08 Å². The lowest BCUT2D eigenvalue weighted by atomic mass is 10.0. The van der Waals surface area contributed by atoms with Crippen LogP contribution < -0.4 is 5.32 Å². The van der Waals surface area contributed by atoms with Gasteiger partial charge in [-0.15, -0.1) is 0 Å². The van der Waals surface area contributed by atoms with E-state index in [2.05, 4.69) is 117 Å². The van der Waals surface area contributed by atoms with E-state index in [4.69, 9.17) is 4.74 Å². The molecular formula is C59H101NO5. The number of hydrogen-bond donors (Lipinski definition) is 3. The van der Waals surface area contributed by atoms with Gasteiger partial charge in [-0.2, -0.15) is 0 Å². The number of allylic oxidation sites excluding steroid dienone is 16. The fourth-order valence-electron chi connectivity index (χ4n) is 7.72. The van der Waals surface area contributed by atoms with E-state index in [1.165, 1.54) is 89.9 Å². The van der Waals surface area contributed by atoms with Crippen LogP contribution in [0.2, 0.25) is 0 Å². The van der Waals surface area contributed by atoms with E-state index in [0.717, 1.165) is 96.3 Å². The molecule has 0 aliphatic heterocycles. The van der Waals surface area contributed by atoms with Gasteiger partial charge < -0.3 is 20.3 Å². The summed E-state index contributed by atoms with van der Waals surface area (Å²) in [6.45, 7) is 6.22. The molecule has 0 saturated heterocycles. The van der Waals surface area contributed by atoms with Gasteiger partial charge in [-0.25, -0.2) is 0 Å². The average Bonchev–Trinajstić information content (AvgIpc) is 3.30. The molecule has 3 unspecified atom stereocenters. The van der Waals surface area contributed by atoms with Crippen molar-refractivity contribution >= 4 is 11.9 Å². The van der Waals surface area contributed by atoms with Gasteiger partial charge in [-0.3, -0.25) is 9.59 Å². The molecule has 0 aromatic rings. The number of carbonyl (C=O) groups is 2. The minimum atomic E-state index is -0.812. The quantitative estimate of drug-likeness (QED) is 0.0245. The van der Waals surface area contributed by atoms with Crippen molar-refractivity contribution in [1.29, 1.82) is 0 Å². The first kappa shape index (κ1) is 61.8. The Kier molecular flexibility index (Phi) is 49.2. The van der Waals surface area contributed by atoms with Crippen LogP contribution in [-0.4, -0.2) is 46.9 Å². The van der Waals surface area contributed by atoms with Crippen LogP contribution in [0.5, 0.6) is 0 Å². The molecule has 0 spiro atoms. The maximum absolute atomic E-state index is 13.2. The summed E-state index contributed by atoms with van der Waals surface area (Å²) in [5, 5.41) is 23.8. The third-order valence-electron chi connectivity index (χ3n) is 11.7. The molecule has 1 amide bonds. The van der Waals surface area contributed by atoms with E-state index < -0.39 is 18.2 Å². The largest absolute Gasteiger partial charge is 0.462 e. The van der Waals surface area contributed by atoms with Crippen LogP contribution in [-0.2, 0) is 14.3 Å².